The first kappa shape index (κ1) is 17.0. The Labute approximate surface area is 145 Å². The summed E-state index contributed by atoms with van der Waals surface area (Å²) in [6.07, 6.45) is 0.0202. The average molecular weight is 342 g/mol. The number of ether oxygens (including phenoxy) is 1. The summed E-state index contributed by atoms with van der Waals surface area (Å²) >= 11 is 0. The van der Waals surface area contributed by atoms with Gasteiger partial charge in [0.05, 0.1) is 11.6 Å². The molecular formula is C18H22N4O3. The van der Waals surface area contributed by atoms with Crippen molar-refractivity contribution in [3.8, 4) is 0 Å². The standard InChI is InChI=1S/C18H22N4O3/c1-5-12(19-17(24)25-18(2,3)4)15-20-16(23)14-10-11-8-6-7-9-13(11)22(14)21-15/h6-10,12H,5H2,1-4H3,(H,19,24)(H,20,21,23). The molecule has 0 saturated heterocycles. The number of hydrogen-bond donors (Lipinski definition) is 2. The minimum absolute atomic E-state index is 0.245. The Bertz CT molecular complexity index is 981. The molecule has 0 spiro atoms. The van der Waals surface area contributed by atoms with Gasteiger partial charge in [-0.25, -0.2) is 9.31 Å². The third-order valence-electron chi connectivity index (χ3n) is 3.80. The van der Waals surface area contributed by atoms with E-state index in [2.05, 4.69) is 15.4 Å². The molecule has 2 N–H and O–H groups in total. The van der Waals surface area contributed by atoms with E-state index in [-0.39, 0.29) is 5.56 Å². The van der Waals surface area contributed by atoms with Gasteiger partial charge in [-0.1, -0.05) is 25.1 Å². The summed E-state index contributed by atoms with van der Waals surface area (Å²) < 4.78 is 6.90. The summed E-state index contributed by atoms with van der Waals surface area (Å²) in [6.45, 7) is 7.29. The van der Waals surface area contributed by atoms with Crippen molar-refractivity contribution in [2.45, 2.75) is 45.8 Å². The van der Waals surface area contributed by atoms with Gasteiger partial charge in [0.1, 0.15) is 11.1 Å². The number of hydrogen-bond acceptors (Lipinski definition) is 4. The molecule has 1 amide bonds. The molecule has 7 heteroatoms. The van der Waals surface area contributed by atoms with Gasteiger partial charge in [-0.3, -0.25) is 4.79 Å². The maximum atomic E-state index is 12.4. The molecule has 3 aromatic rings. The quantitative estimate of drug-likeness (QED) is 0.765. The van der Waals surface area contributed by atoms with Crippen LogP contribution in [0.2, 0.25) is 0 Å². The van der Waals surface area contributed by atoms with Crippen molar-refractivity contribution in [3.05, 3.63) is 46.5 Å². The molecule has 0 aliphatic carbocycles. The number of rotatable bonds is 3. The van der Waals surface area contributed by atoms with Crippen molar-refractivity contribution in [1.29, 1.82) is 0 Å². The first-order valence-electron chi connectivity index (χ1n) is 8.28. The minimum atomic E-state index is -0.593. The number of alkyl carbamates (subject to hydrolysis) is 1. The Kier molecular flexibility index (Phi) is 4.24. The average Bonchev–Trinajstić information content (AvgIpc) is 2.90. The van der Waals surface area contributed by atoms with Gasteiger partial charge < -0.3 is 15.0 Å². The molecule has 0 aliphatic rings. The Balaban J connectivity index is 2.00. The van der Waals surface area contributed by atoms with E-state index >= 15 is 0 Å². The molecule has 1 unspecified atom stereocenters. The number of carbonyl (C=O) groups excluding carboxylic acids is 1. The third kappa shape index (κ3) is 3.50. The van der Waals surface area contributed by atoms with Crippen LogP contribution in [0.15, 0.2) is 35.1 Å². The van der Waals surface area contributed by atoms with Crippen LogP contribution in [0, 0.1) is 0 Å². The highest BCUT2D eigenvalue weighted by molar-refractivity contribution is 5.86. The van der Waals surface area contributed by atoms with Crippen LogP contribution in [0.1, 0.15) is 46.0 Å². The van der Waals surface area contributed by atoms with Crippen LogP contribution in [-0.2, 0) is 4.74 Å². The Morgan fingerprint density at radius 2 is 2.04 bits per heavy atom. The van der Waals surface area contributed by atoms with Gasteiger partial charge in [0.2, 0.25) is 0 Å². The number of fused-ring (bicyclic) bond motifs is 3. The topological polar surface area (TPSA) is 88.5 Å². The van der Waals surface area contributed by atoms with Gasteiger partial charge in [0, 0.05) is 5.39 Å². The van der Waals surface area contributed by atoms with E-state index < -0.39 is 17.7 Å². The van der Waals surface area contributed by atoms with E-state index in [0.717, 1.165) is 10.9 Å². The maximum absolute atomic E-state index is 12.4. The zero-order valence-corrected chi connectivity index (χ0v) is 14.8. The van der Waals surface area contributed by atoms with Gasteiger partial charge in [0.25, 0.3) is 5.56 Å². The summed E-state index contributed by atoms with van der Waals surface area (Å²) in [5.74, 6) is 0.396. The lowest BCUT2D eigenvalue weighted by molar-refractivity contribution is 0.0499. The number of aromatic nitrogens is 3. The van der Waals surface area contributed by atoms with Crippen molar-refractivity contribution >= 4 is 22.5 Å². The normalized spacial score (nSPS) is 13.1. The van der Waals surface area contributed by atoms with Crippen molar-refractivity contribution in [1.82, 2.24) is 19.9 Å². The first-order chi connectivity index (χ1) is 11.8. The van der Waals surface area contributed by atoms with Crippen LogP contribution in [0.5, 0.6) is 0 Å². The number of benzene rings is 1. The van der Waals surface area contributed by atoms with Crippen molar-refractivity contribution in [2.24, 2.45) is 0 Å². The minimum Gasteiger partial charge on any atom is -0.444 e. The lowest BCUT2D eigenvalue weighted by atomic mass is 10.2. The highest BCUT2D eigenvalue weighted by Crippen LogP contribution is 2.18. The van der Waals surface area contributed by atoms with E-state index in [4.69, 9.17) is 4.74 Å². The third-order valence-corrected chi connectivity index (χ3v) is 3.80. The smallest absolute Gasteiger partial charge is 0.408 e. The lowest BCUT2D eigenvalue weighted by Gasteiger charge is -2.22. The second-order valence-corrected chi connectivity index (χ2v) is 6.95. The second kappa shape index (κ2) is 6.23. The molecule has 3 rings (SSSR count). The molecule has 132 valence electrons. The molecule has 25 heavy (non-hydrogen) atoms. The number of amides is 1. The SMILES string of the molecule is CCC(NC(=O)OC(C)(C)C)c1nn2c(cc3ccccc32)c(=O)[nH]1. The van der Waals surface area contributed by atoms with Crippen LogP contribution in [0.25, 0.3) is 16.4 Å². The molecule has 0 radical (unpaired) electrons. The number of nitrogens with zero attached hydrogens (tertiary/aromatic N) is 2. The highest BCUT2D eigenvalue weighted by atomic mass is 16.6. The summed E-state index contributed by atoms with van der Waals surface area (Å²) in [6, 6.07) is 8.99. The van der Waals surface area contributed by atoms with E-state index in [1.54, 1.807) is 31.4 Å². The fourth-order valence-electron chi connectivity index (χ4n) is 2.69. The fraction of sp³-hybridized carbons (Fsp3) is 0.389. The van der Waals surface area contributed by atoms with Gasteiger partial charge in [-0.05, 0) is 39.3 Å². The van der Waals surface area contributed by atoms with E-state index in [9.17, 15) is 9.59 Å². The monoisotopic (exact) mass is 342 g/mol. The Hall–Kier alpha value is -2.83. The molecule has 2 aromatic heterocycles. The number of para-hydroxylation sites is 1. The van der Waals surface area contributed by atoms with Gasteiger partial charge in [0.15, 0.2) is 5.82 Å². The predicted molar refractivity (Wildman–Crippen MR) is 95.7 cm³/mol. The van der Waals surface area contributed by atoms with Crippen molar-refractivity contribution in [2.75, 3.05) is 0 Å². The van der Waals surface area contributed by atoms with Crippen molar-refractivity contribution < 1.29 is 9.53 Å². The van der Waals surface area contributed by atoms with Crippen molar-refractivity contribution in [3.63, 3.8) is 0 Å². The van der Waals surface area contributed by atoms with Crippen LogP contribution in [0.3, 0.4) is 0 Å². The van der Waals surface area contributed by atoms with E-state index in [1.807, 2.05) is 31.2 Å². The molecule has 1 atom stereocenters. The fourth-order valence-corrected chi connectivity index (χ4v) is 2.69. The van der Waals surface area contributed by atoms with E-state index in [0.29, 0.717) is 17.8 Å². The molecular weight excluding hydrogens is 320 g/mol. The summed E-state index contributed by atoms with van der Waals surface area (Å²) in [5.41, 5.74) is 0.476. The number of carbonyl (C=O) groups is 1. The molecule has 2 heterocycles. The highest BCUT2D eigenvalue weighted by Gasteiger charge is 2.22. The summed E-state index contributed by atoms with van der Waals surface area (Å²) in [5, 5.41) is 8.24. The van der Waals surface area contributed by atoms with Gasteiger partial charge >= 0.3 is 6.09 Å². The summed E-state index contributed by atoms with van der Waals surface area (Å²) in [7, 11) is 0. The lowest BCUT2D eigenvalue weighted by Crippen LogP contribution is -2.36. The van der Waals surface area contributed by atoms with Crippen LogP contribution in [-0.4, -0.2) is 26.3 Å². The number of H-pyrrole nitrogens is 1. The second-order valence-electron chi connectivity index (χ2n) is 6.95. The summed E-state index contributed by atoms with van der Waals surface area (Å²) in [4.78, 5) is 27.3. The zero-order chi connectivity index (χ0) is 18.2. The Morgan fingerprint density at radius 3 is 2.72 bits per heavy atom. The molecule has 0 bridgehead atoms. The predicted octanol–water partition coefficient (Wildman–Crippen LogP) is 3.15. The van der Waals surface area contributed by atoms with Crippen LogP contribution < -0.4 is 10.9 Å². The largest absolute Gasteiger partial charge is 0.444 e. The van der Waals surface area contributed by atoms with Gasteiger partial charge in [-0.15, -0.1) is 0 Å². The molecule has 0 saturated carbocycles. The van der Waals surface area contributed by atoms with Gasteiger partial charge in [-0.2, -0.15) is 5.10 Å². The van der Waals surface area contributed by atoms with Crippen LogP contribution >= 0.6 is 0 Å². The zero-order valence-electron chi connectivity index (χ0n) is 14.8. The van der Waals surface area contributed by atoms with E-state index in [1.165, 1.54) is 0 Å². The molecule has 0 aliphatic heterocycles. The number of aromatic amines is 1. The number of nitrogens with one attached hydrogen (secondary N) is 2. The van der Waals surface area contributed by atoms with Crippen LogP contribution in [0.4, 0.5) is 4.79 Å². The molecule has 0 fully saturated rings. The molecule has 7 nitrogen and oxygen atoms in total. The Morgan fingerprint density at radius 1 is 1.32 bits per heavy atom. The first-order valence-corrected chi connectivity index (χ1v) is 8.28. The maximum Gasteiger partial charge on any atom is 0.408 e. The molecule has 1 aromatic carbocycles.